The third-order valence-corrected chi connectivity index (χ3v) is 10.4. The van der Waals surface area contributed by atoms with E-state index < -0.39 is 23.1 Å². The summed E-state index contributed by atoms with van der Waals surface area (Å²) in [5.74, 6) is -1.24. The van der Waals surface area contributed by atoms with Gasteiger partial charge in [0.25, 0.3) is 0 Å². The van der Waals surface area contributed by atoms with Crippen LogP contribution in [0.5, 0.6) is 0 Å². The molecule has 0 atom stereocenters. The van der Waals surface area contributed by atoms with Gasteiger partial charge in [-0.1, -0.05) is 64.7 Å². The Labute approximate surface area is 318 Å². The van der Waals surface area contributed by atoms with Gasteiger partial charge in [0, 0.05) is 6.54 Å². The van der Waals surface area contributed by atoms with Crippen LogP contribution in [0.15, 0.2) is 0 Å². The van der Waals surface area contributed by atoms with Crippen molar-refractivity contribution in [2.75, 3.05) is 74.5 Å². The van der Waals surface area contributed by atoms with Gasteiger partial charge in [0.05, 0.1) is 77.0 Å². The van der Waals surface area contributed by atoms with Crippen molar-refractivity contribution in [2.24, 2.45) is 0 Å². The molecule has 0 amide bonds. The molecule has 0 bridgehead atoms. The molecule has 0 unspecified atom stereocenters. The fourth-order valence-corrected chi connectivity index (χ4v) is 7.10. The first-order valence-electron chi connectivity index (χ1n) is 20.3. The summed E-state index contributed by atoms with van der Waals surface area (Å²) in [5.41, 5.74) is 0. The van der Waals surface area contributed by atoms with Crippen molar-refractivity contribution in [2.45, 2.75) is 174 Å². The molecule has 14 heteroatoms. The number of rotatable bonds is 18. The number of unbranched alkanes of at least 4 members (excludes halogenated alkanes) is 9. The molecule has 1 aromatic rings. The van der Waals surface area contributed by atoms with Gasteiger partial charge in [-0.15, -0.1) is 0 Å². The van der Waals surface area contributed by atoms with Crippen molar-refractivity contribution in [1.29, 1.82) is 0 Å². The van der Waals surface area contributed by atoms with Crippen LogP contribution in [0.2, 0.25) is 0 Å². The monoisotopic (exact) mass is 751 g/mol. The van der Waals surface area contributed by atoms with Crippen molar-refractivity contribution < 1.29 is 37.9 Å². The highest BCUT2D eigenvalue weighted by atomic mass is 16.7. The zero-order chi connectivity index (χ0) is 38.1. The van der Waals surface area contributed by atoms with Gasteiger partial charge in [-0.2, -0.15) is 15.0 Å². The molecule has 5 heterocycles. The van der Waals surface area contributed by atoms with Crippen LogP contribution in [0, 0.1) is 0 Å². The van der Waals surface area contributed by atoms with Crippen LogP contribution in [0.3, 0.4) is 0 Å². The van der Waals surface area contributed by atoms with E-state index in [1.807, 2.05) is 55.4 Å². The highest BCUT2D eigenvalue weighted by Crippen LogP contribution is 2.33. The molecule has 4 aliphatic rings. The van der Waals surface area contributed by atoms with Gasteiger partial charge in [-0.05, 0) is 61.8 Å². The summed E-state index contributed by atoms with van der Waals surface area (Å²) in [6.07, 6.45) is 12.7. The lowest BCUT2D eigenvalue weighted by molar-refractivity contribution is -0.262. The molecule has 1 aromatic heterocycles. The highest BCUT2D eigenvalue weighted by Gasteiger charge is 2.43. The maximum atomic E-state index is 6.18. The van der Waals surface area contributed by atoms with Crippen molar-refractivity contribution in [1.82, 2.24) is 15.0 Å². The average molecular weight is 751 g/mol. The zero-order valence-corrected chi connectivity index (χ0v) is 34.2. The highest BCUT2D eigenvalue weighted by molar-refractivity contribution is 5.48. The lowest BCUT2D eigenvalue weighted by atomic mass is 10.1. The summed E-state index contributed by atoms with van der Waals surface area (Å²) in [4.78, 5) is 19.7. The second kappa shape index (κ2) is 18.8. The molecule has 4 aliphatic heterocycles. The van der Waals surface area contributed by atoms with Gasteiger partial charge in [-0.25, -0.2) is 0 Å². The van der Waals surface area contributed by atoms with Gasteiger partial charge in [0.2, 0.25) is 17.8 Å². The summed E-state index contributed by atoms with van der Waals surface area (Å²) < 4.78 is 49.5. The van der Waals surface area contributed by atoms with E-state index in [0.29, 0.717) is 70.7 Å². The molecule has 14 nitrogen and oxygen atoms in total. The van der Waals surface area contributed by atoms with Crippen LogP contribution >= 0.6 is 0 Å². The first-order chi connectivity index (χ1) is 25.2. The summed E-state index contributed by atoms with van der Waals surface area (Å²) in [7, 11) is 0. The molecule has 4 fully saturated rings. The van der Waals surface area contributed by atoms with Gasteiger partial charge < -0.3 is 53.0 Å². The Morgan fingerprint density at radius 2 is 0.736 bits per heavy atom. The molecular formula is C39H70N6O8. The number of ether oxygens (including phenoxy) is 8. The van der Waals surface area contributed by atoms with Gasteiger partial charge in [-0.3, -0.25) is 0 Å². The van der Waals surface area contributed by atoms with Crippen molar-refractivity contribution in [3.63, 3.8) is 0 Å². The van der Waals surface area contributed by atoms with Crippen LogP contribution in [0.1, 0.15) is 127 Å². The molecular weight excluding hydrogens is 680 g/mol. The zero-order valence-electron chi connectivity index (χ0n) is 34.2. The smallest absolute Gasteiger partial charge is 0.232 e. The Morgan fingerprint density at radius 1 is 0.453 bits per heavy atom. The Kier molecular flexibility index (Phi) is 15.0. The largest absolute Gasteiger partial charge is 0.354 e. The van der Waals surface area contributed by atoms with E-state index in [1.165, 1.54) is 51.4 Å². The predicted molar refractivity (Wildman–Crippen MR) is 204 cm³/mol. The Bertz CT molecular complexity index is 1090. The molecule has 1 N–H and O–H groups in total. The first-order valence-corrected chi connectivity index (χ1v) is 20.3. The molecule has 304 valence electrons. The third kappa shape index (κ3) is 12.8. The number of nitrogens with one attached hydrogen (secondary N) is 1. The fraction of sp³-hybridized carbons (Fsp3) is 0.923. The van der Waals surface area contributed by atoms with Crippen LogP contribution in [0.4, 0.5) is 17.8 Å². The summed E-state index contributed by atoms with van der Waals surface area (Å²) >= 11 is 0. The summed E-state index contributed by atoms with van der Waals surface area (Å²) in [5, 5.41) is 3.56. The third-order valence-electron chi connectivity index (χ3n) is 10.4. The minimum atomic E-state index is -0.684. The molecule has 5 rings (SSSR count). The maximum absolute atomic E-state index is 6.18. The van der Waals surface area contributed by atoms with Crippen LogP contribution < -0.4 is 15.1 Å². The number of anilines is 3. The molecule has 0 spiro atoms. The van der Waals surface area contributed by atoms with Crippen molar-refractivity contribution >= 4 is 17.8 Å². The van der Waals surface area contributed by atoms with Crippen LogP contribution in [-0.2, 0) is 37.9 Å². The number of nitrogens with zero attached hydrogens (tertiary/aromatic N) is 5. The van der Waals surface area contributed by atoms with Crippen molar-refractivity contribution in [3.8, 4) is 0 Å². The molecule has 0 radical (unpaired) electrons. The predicted octanol–water partition coefficient (Wildman–Crippen LogP) is 6.42. The Morgan fingerprint density at radius 3 is 1.04 bits per heavy atom. The summed E-state index contributed by atoms with van der Waals surface area (Å²) in [6, 6.07) is -0.762. The topological polar surface area (TPSA) is 131 Å². The quantitative estimate of drug-likeness (QED) is 0.166. The number of hydrogen-bond donors (Lipinski definition) is 1. The van der Waals surface area contributed by atoms with Crippen LogP contribution in [-0.4, -0.2) is 122 Å². The lowest BCUT2D eigenvalue weighted by Crippen LogP contribution is -2.60. The number of hydrogen-bond acceptors (Lipinski definition) is 14. The minimum absolute atomic E-state index is 0.191. The normalized spacial score (nSPS) is 23.9. The number of aromatic nitrogens is 3. The second-order valence-electron chi connectivity index (χ2n) is 16.9. The first kappa shape index (κ1) is 42.2. The second-order valence-corrected chi connectivity index (χ2v) is 16.9. The van der Waals surface area contributed by atoms with Gasteiger partial charge >= 0.3 is 0 Å². The van der Waals surface area contributed by atoms with Crippen LogP contribution in [0.25, 0.3) is 0 Å². The fourth-order valence-electron chi connectivity index (χ4n) is 7.10. The van der Waals surface area contributed by atoms with Gasteiger partial charge in [0.1, 0.15) is 0 Å². The van der Waals surface area contributed by atoms with Crippen molar-refractivity contribution in [3.05, 3.63) is 0 Å². The van der Waals surface area contributed by atoms with Gasteiger partial charge in [0.15, 0.2) is 23.1 Å². The summed E-state index contributed by atoms with van der Waals surface area (Å²) in [6.45, 7) is 21.9. The Balaban J connectivity index is 1.41. The van der Waals surface area contributed by atoms with E-state index in [4.69, 9.17) is 52.8 Å². The molecule has 0 saturated carbocycles. The lowest BCUT2D eigenvalue weighted by Gasteiger charge is -2.47. The minimum Gasteiger partial charge on any atom is -0.354 e. The molecule has 53 heavy (non-hydrogen) atoms. The van der Waals surface area contributed by atoms with E-state index in [9.17, 15) is 0 Å². The van der Waals surface area contributed by atoms with E-state index in [0.717, 1.165) is 19.4 Å². The SMILES string of the molecule is CCCCCCCCCCCCNc1nc(N(C2COC(C)(C)OC2)C2COC(C)(C)OC2)nc(N(C2COC(C)(C)OC2)C2COC(C)(C)OC2)n1. The average Bonchev–Trinajstić information content (AvgIpc) is 3.10. The van der Waals surface area contributed by atoms with E-state index in [2.05, 4.69) is 22.0 Å². The molecule has 4 saturated heterocycles. The maximum Gasteiger partial charge on any atom is 0.232 e. The Hall–Kier alpha value is -1.91. The molecule has 0 aromatic carbocycles. The van der Waals surface area contributed by atoms with E-state index in [1.54, 1.807) is 0 Å². The molecule has 0 aliphatic carbocycles. The van der Waals surface area contributed by atoms with E-state index in [-0.39, 0.29) is 24.2 Å². The standard InChI is InChI=1S/C39H70N6O8/c1-10-11-12-13-14-15-16-17-18-19-20-40-33-41-34(44(29-21-46-36(2,3)47-22-29)30-23-48-37(4,5)49-24-30)43-35(42-33)45(31-25-50-38(6,7)51-26-31)32-27-52-39(8,9)53-28-32/h29-32H,10-28H2,1-9H3,(H,40,41,42,43). The van der Waals surface area contributed by atoms with E-state index >= 15 is 0 Å².